The molecule has 0 radical (unpaired) electrons. The number of carbonyl (C=O) groups is 1. The molecule has 2 atom stereocenters. The summed E-state index contributed by atoms with van der Waals surface area (Å²) >= 11 is 0. The molecular weight excluding hydrogens is 266 g/mol. The zero-order valence-electron chi connectivity index (χ0n) is 11.9. The van der Waals surface area contributed by atoms with Gasteiger partial charge in [0.2, 0.25) is 0 Å². The van der Waals surface area contributed by atoms with Crippen molar-refractivity contribution < 1.29 is 14.6 Å². The molecule has 2 N–H and O–H groups in total. The number of rotatable bonds is 6. The predicted molar refractivity (Wildman–Crippen MR) is 81.9 cm³/mol. The van der Waals surface area contributed by atoms with E-state index >= 15 is 0 Å². The molecule has 0 spiro atoms. The Morgan fingerprint density at radius 2 is 1.67 bits per heavy atom. The van der Waals surface area contributed by atoms with Crippen LogP contribution in [0.25, 0.3) is 0 Å². The molecule has 2 aromatic carbocycles. The minimum atomic E-state index is -1.27. The molecule has 0 saturated heterocycles. The normalized spacial score (nSPS) is 13.2. The van der Waals surface area contributed by atoms with E-state index in [0.29, 0.717) is 0 Å². The van der Waals surface area contributed by atoms with E-state index in [0.717, 1.165) is 11.3 Å². The van der Waals surface area contributed by atoms with Crippen molar-refractivity contribution in [2.24, 2.45) is 0 Å². The van der Waals surface area contributed by atoms with Crippen LogP contribution in [0.15, 0.2) is 60.7 Å². The van der Waals surface area contributed by atoms with E-state index in [2.05, 4.69) is 5.32 Å². The molecule has 0 aromatic heterocycles. The van der Waals surface area contributed by atoms with Crippen molar-refractivity contribution in [2.75, 3.05) is 11.9 Å². The van der Waals surface area contributed by atoms with Crippen molar-refractivity contribution in [1.82, 2.24) is 0 Å². The largest absolute Gasteiger partial charge is 0.464 e. The maximum Gasteiger partial charge on any atom is 0.337 e. The Kier molecular flexibility index (Phi) is 5.35. The second kappa shape index (κ2) is 7.45. The Hall–Kier alpha value is -2.33. The average Bonchev–Trinajstić information content (AvgIpc) is 2.54. The molecule has 110 valence electrons. The first kappa shape index (κ1) is 15.1. The van der Waals surface area contributed by atoms with Crippen LogP contribution in [-0.4, -0.2) is 23.8 Å². The van der Waals surface area contributed by atoms with Gasteiger partial charge in [-0.15, -0.1) is 0 Å². The molecule has 0 saturated carbocycles. The number of benzene rings is 2. The minimum Gasteiger partial charge on any atom is -0.464 e. The van der Waals surface area contributed by atoms with Crippen molar-refractivity contribution in [3.8, 4) is 0 Å². The van der Waals surface area contributed by atoms with Crippen LogP contribution in [0.5, 0.6) is 0 Å². The minimum absolute atomic E-state index is 0.239. The first-order chi connectivity index (χ1) is 10.2. The molecule has 0 unspecified atom stereocenters. The Bertz CT molecular complexity index is 557. The summed E-state index contributed by atoms with van der Waals surface area (Å²) in [5, 5.41) is 13.5. The lowest BCUT2D eigenvalue weighted by atomic mass is 10.0. The first-order valence-electron chi connectivity index (χ1n) is 6.93. The number of aliphatic hydroxyl groups excluding tert-OH is 1. The highest BCUT2D eigenvalue weighted by Gasteiger charge is 2.28. The lowest BCUT2D eigenvalue weighted by Gasteiger charge is -2.24. The maximum atomic E-state index is 11.8. The van der Waals surface area contributed by atoms with E-state index in [9.17, 15) is 9.90 Å². The molecule has 2 aromatic rings. The molecule has 0 bridgehead atoms. The van der Waals surface area contributed by atoms with Gasteiger partial charge in [-0.05, 0) is 24.6 Å². The number of anilines is 1. The molecule has 21 heavy (non-hydrogen) atoms. The number of para-hydroxylation sites is 1. The number of hydrogen-bond donors (Lipinski definition) is 2. The molecule has 0 aliphatic carbocycles. The van der Waals surface area contributed by atoms with E-state index in [1.54, 1.807) is 6.92 Å². The SMILES string of the molecule is CCOC(=O)[C@@H](O)[C@@H](Nc1ccccc1)c1ccccc1. The molecule has 2 rings (SSSR count). The Morgan fingerprint density at radius 3 is 2.24 bits per heavy atom. The van der Waals surface area contributed by atoms with Crippen molar-refractivity contribution in [3.05, 3.63) is 66.2 Å². The third kappa shape index (κ3) is 4.07. The van der Waals surface area contributed by atoms with Crippen molar-refractivity contribution >= 4 is 11.7 Å². The molecule has 0 heterocycles. The molecule has 0 fully saturated rings. The number of esters is 1. The number of hydrogen-bond acceptors (Lipinski definition) is 4. The molecule has 4 heteroatoms. The Labute approximate surface area is 124 Å². The third-order valence-electron chi connectivity index (χ3n) is 3.10. The van der Waals surface area contributed by atoms with E-state index in [4.69, 9.17) is 4.74 Å². The van der Waals surface area contributed by atoms with E-state index in [1.165, 1.54) is 0 Å². The Morgan fingerprint density at radius 1 is 1.10 bits per heavy atom. The van der Waals surface area contributed by atoms with Crippen LogP contribution < -0.4 is 5.32 Å². The number of carbonyl (C=O) groups excluding carboxylic acids is 1. The van der Waals surface area contributed by atoms with Gasteiger partial charge in [-0.2, -0.15) is 0 Å². The zero-order valence-corrected chi connectivity index (χ0v) is 11.9. The standard InChI is InChI=1S/C17H19NO3/c1-2-21-17(20)16(19)15(13-9-5-3-6-10-13)18-14-11-7-4-8-12-14/h3-12,15-16,18-19H,2H2,1H3/t15-,16-/m0/s1. The summed E-state index contributed by atoms with van der Waals surface area (Å²) in [4.78, 5) is 11.8. The van der Waals surface area contributed by atoms with Crippen molar-refractivity contribution in [2.45, 2.75) is 19.1 Å². The fourth-order valence-corrected chi connectivity index (χ4v) is 2.08. The average molecular weight is 285 g/mol. The van der Waals surface area contributed by atoms with E-state index < -0.39 is 18.1 Å². The van der Waals surface area contributed by atoms with Gasteiger partial charge in [0.05, 0.1) is 12.6 Å². The van der Waals surface area contributed by atoms with Gasteiger partial charge >= 0.3 is 5.97 Å². The molecule has 0 aliphatic rings. The third-order valence-corrected chi connectivity index (χ3v) is 3.10. The summed E-state index contributed by atoms with van der Waals surface area (Å²) in [6.07, 6.45) is -1.27. The summed E-state index contributed by atoms with van der Waals surface area (Å²) in [5.41, 5.74) is 1.65. The number of aliphatic hydroxyl groups is 1. The van der Waals surface area contributed by atoms with Gasteiger partial charge in [0.15, 0.2) is 6.10 Å². The smallest absolute Gasteiger partial charge is 0.337 e. The van der Waals surface area contributed by atoms with Crippen LogP contribution in [0, 0.1) is 0 Å². The Balaban J connectivity index is 2.24. The highest BCUT2D eigenvalue weighted by atomic mass is 16.5. The maximum absolute atomic E-state index is 11.8. The summed E-state index contributed by atoms with van der Waals surface area (Å²) in [7, 11) is 0. The molecule has 0 aliphatic heterocycles. The fourth-order valence-electron chi connectivity index (χ4n) is 2.08. The quantitative estimate of drug-likeness (QED) is 0.801. The highest BCUT2D eigenvalue weighted by molar-refractivity contribution is 5.76. The number of nitrogens with one attached hydrogen (secondary N) is 1. The van der Waals surface area contributed by atoms with Crippen LogP contribution in [0.2, 0.25) is 0 Å². The highest BCUT2D eigenvalue weighted by Crippen LogP contribution is 2.23. The van der Waals surface area contributed by atoms with Crippen LogP contribution in [0.4, 0.5) is 5.69 Å². The van der Waals surface area contributed by atoms with Gasteiger partial charge in [-0.3, -0.25) is 0 Å². The molecular formula is C17H19NO3. The first-order valence-corrected chi connectivity index (χ1v) is 6.93. The van der Waals surface area contributed by atoms with Crippen molar-refractivity contribution in [1.29, 1.82) is 0 Å². The van der Waals surface area contributed by atoms with Gasteiger partial charge in [0.25, 0.3) is 0 Å². The summed E-state index contributed by atoms with van der Waals surface area (Å²) in [6, 6.07) is 18.2. The van der Waals surface area contributed by atoms with Gasteiger partial charge in [0.1, 0.15) is 0 Å². The van der Waals surface area contributed by atoms with Gasteiger partial charge in [-0.25, -0.2) is 4.79 Å². The van der Waals surface area contributed by atoms with Gasteiger partial charge in [0, 0.05) is 5.69 Å². The van der Waals surface area contributed by atoms with Crippen LogP contribution in [0.3, 0.4) is 0 Å². The molecule has 0 amide bonds. The zero-order chi connectivity index (χ0) is 15.1. The lowest BCUT2D eigenvalue weighted by Crippen LogP contribution is -2.34. The van der Waals surface area contributed by atoms with Crippen LogP contribution in [0.1, 0.15) is 18.5 Å². The topological polar surface area (TPSA) is 58.6 Å². The number of ether oxygens (including phenoxy) is 1. The lowest BCUT2D eigenvalue weighted by molar-refractivity contribution is -0.153. The van der Waals surface area contributed by atoms with Crippen LogP contribution in [-0.2, 0) is 9.53 Å². The second-order valence-electron chi connectivity index (χ2n) is 4.60. The van der Waals surface area contributed by atoms with Gasteiger partial charge in [-0.1, -0.05) is 48.5 Å². The summed E-state index contributed by atoms with van der Waals surface area (Å²) < 4.78 is 4.91. The van der Waals surface area contributed by atoms with Crippen molar-refractivity contribution in [3.63, 3.8) is 0 Å². The molecule has 4 nitrogen and oxygen atoms in total. The fraction of sp³-hybridized carbons (Fsp3) is 0.235. The summed E-state index contributed by atoms with van der Waals surface area (Å²) in [5.74, 6) is -0.630. The van der Waals surface area contributed by atoms with E-state index in [-0.39, 0.29) is 6.61 Å². The van der Waals surface area contributed by atoms with E-state index in [1.807, 2.05) is 60.7 Å². The monoisotopic (exact) mass is 285 g/mol. The second-order valence-corrected chi connectivity index (χ2v) is 4.60. The van der Waals surface area contributed by atoms with Gasteiger partial charge < -0.3 is 15.2 Å². The van der Waals surface area contributed by atoms with Crippen LogP contribution >= 0.6 is 0 Å². The summed E-state index contributed by atoms with van der Waals surface area (Å²) in [6.45, 7) is 1.95. The predicted octanol–water partition coefficient (Wildman–Crippen LogP) is 2.76.